The highest BCUT2D eigenvalue weighted by Gasteiger charge is 1.92. The molecular formula is C15H14N2. The number of rotatable bonds is 2. The van der Waals surface area contributed by atoms with Crippen molar-refractivity contribution in [1.82, 2.24) is 0 Å². The third-order valence-corrected chi connectivity index (χ3v) is 2.09. The van der Waals surface area contributed by atoms with Crippen molar-refractivity contribution in [2.75, 3.05) is 0 Å². The number of benzene rings is 2. The van der Waals surface area contributed by atoms with E-state index in [9.17, 15) is 0 Å². The molecule has 0 aliphatic heterocycles. The van der Waals surface area contributed by atoms with Gasteiger partial charge in [0, 0.05) is 13.1 Å². The second-order valence-electron chi connectivity index (χ2n) is 3.15. The molecule has 0 bridgehead atoms. The van der Waals surface area contributed by atoms with Gasteiger partial charge in [-0.3, -0.25) is 0 Å². The van der Waals surface area contributed by atoms with Crippen molar-refractivity contribution >= 4 is 0 Å². The van der Waals surface area contributed by atoms with E-state index in [0.717, 1.165) is 6.42 Å². The SMILES string of the molecule is C#N.C#N.c1ccc(Cc2ccccc2)cc1. The van der Waals surface area contributed by atoms with Gasteiger partial charge in [-0.2, -0.15) is 0 Å². The average Bonchev–Trinajstić information content (AvgIpc) is 2.45. The molecule has 0 heterocycles. The number of hydrogen-bond acceptors (Lipinski definition) is 2. The molecule has 0 radical (unpaired) electrons. The van der Waals surface area contributed by atoms with Crippen molar-refractivity contribution < 1.29 is 0 Å². The smallest absolute Gasteiger partial charge is 0.0462 e. The molecule has 0 spiro atoms. The van der Waals surface area contributed by atoms with Crippen molar-refractivity contribution in [2.24, 2.45) is 0 Å². The van der Waals surface area contributed by atoms with Crippen LogP contribution in [0.15, 0.2) is 60.7 Å². The van der Waals surface area contributed by atoms with E-state index in [1.165, 1.54) is 11.1 Å². The summed E-state index contributed by atoms with van der Waals surface area (Å²) in [6.45, 7) is 7.00. The molecule has 2 heteroatoms. The lowest BCUT2D eigenvalue weighted by molar-refractivity contribution is 1.19. The van der Waals surface area contributed by atoms with Crippen molar-refractivity contribution in [3.63, 3.8) is 0 Å². The summed E-state index contributed by atoms with van der Waals surface area (Å²) in [5.41, 5.74) is 2.74. The summed E-state index contributed by atoms with van der Waals surface area (Å²) in [5, 5.41) is 13.0. The topological polar surface area (TPSA) is 47.6 Å². The van der Waals surface area contributed by atoms with Crippen LogP contribution >= 0.6 is 0 Å². The van der Waals surface area contributed by atoms with Gasteiger partial charge in [0.2, 0.25) is 0 Å². The first-order valence-electron chi connectivity index (χ1n) is 5.04. The first kappa shape index (κ1) is 14.4. The Balaban J connectivity index is 0.000000581. The molecule has 0 unspecified atom stereocenters. The molecule has 0 aliphatic rings. The zero-order chi connectivity index (χ0) is 12.9. The molecule has 0 atom stereocenters. The summed E-state index contributed by atoms with van der Waals surface area (Å²) in [4.78, 5) is 0. The molecule has 0 N–H and O–H groups in total. The van der Waals surface area contributed by atoms with Crippen LogP contribution in [-0.2, 0) is 6.42 Å². The molecule has 2 nitrogen and oxygen atoms in total. The molecule has 0 amide bonds. The van der Waals surface area contributed by atoms with Crippen LogP contribution in [0, 0.1) is 23.7 Å². The lowest BCUT2D eigenvalue weighted by Gasteiger charge is -2.00. The molecule has 0 aliphatic carbocycles. The zero-order valence-electron chi connectivity index (χ0n) is 9.53. The Bertz CT molecular complexity index is 386. The molecule has 0 saturated heterocycles. The first-order valence-corrected chi connectivity index (χ1v) is 5.04. The molecular weight excluding hydrogens is 208 g/mol. The van der Waals surface area contributed by atoms with E-state index < -0.39 is 0 Å². The Morgan fingerprint density at radius 3 is 1.18 bits per heavy atom. The predicted octanol–water partition coefficient (Wildman–Crippen LogP) is 3.56. The summed E-state index contributed by atoms with van der Waals surface area (Å²) < 4.78 is 0. The monoisotopic (exact) mass is 222 g/mol. The van der Waals surface area contributed by atoms with Crippen LogP contribution in [0.5, 0.6) is 0 Å². The van der Waals surface area contributed by atoms with Crippen molar-refractivity contribution in [2.45, 2.75) is 6.42 Å². The van der Waals surface area contributed by atoms with Crippen molar-refractivity contribution in [3.05, 3.63) is 71.8 Å². The molecule has 0 aromatic heterocycles. The summed E-state index contributed by atoms with van der Waals surface area (Å²) in [5.74, 6) is 0. The van der Waals surface area contributed by atoms with Gasteiger partial charge in [0.15, 0.2) is 0 Å². The van der Waals surface area contributed by atoms with Crippen LogP contribution in [0.2, 0.25) is 0 Å². The fraction of sp³-hybridized carbons (Fsp3) is 0.0667. The Labute approximate surface area is 102 Å². The van der Waals surface area contributed by atoms with Gasteiger partial charge in [-0.25, -0.2) is 10.5 Å². The highest BCUT2D eigenvalue weighted by atomic mass is 14.2. The summed E-state index contributed by atoms with van der Waals surface area (Å²) in [6.07, 6.45) is 1.03. The largest absolute Gasteiger partial charge is 0.202 e. The molecule has 2 aromatic rings. The van der Waals surface area contributed by atoms with Crippen LogP contribution in [-0.4, -0.2) is 0 Å². The molecule has 2 rings (SSSR count). The number of nitrogens with zero attached hydrogens (tertiary/aromatic N) is 2. The van der Waals surface area contributed by atoms with Crippen molar-refractivity contribution in [1.29, 1.82) is 10.5 Å². The molecule has 0 fully saturated rings. The molecule has 84 valence electrons. The van der Waals surface area contributed by atoms with Crippen LogP contribution in [0.1, 0.15) is 11.1 Å². The highest BCUT2D eigenvalue weighted by Crippen LogP contribution is 2.07. The van der Waals surface area contributed by atoms with E-state index in [-0.39, 0.29) is 0 Å². The second-order valence-corrected chi connectivity index (χ2v) is 3.15. The summed E-state index contributed by atoms with van der Waals surface area (Å²) >= 11 is 0. The van der Waals surface area contributed by atoms with Crippen LogP contribution in [0.25, 0.3) is 0 Å². The maximum atomic E-state index is 6.50. The first-order chi connectivity index (χ1) is 8.45. The molecule has 17 heavy (non-hydrogen) atoms. The van der Waals surface area contributed by atoms with Gasteiger partial charge < -0.3 is 0 Å². The molecule has 0 saturated carbocycles. The Morgan fingerprint density at radius 1 is 0.588 bits per heavy atom. The van der Waals surface area contributed by atoms with Crippen LogP contribution in [0.3, 0.4) is 0 Å². The van der Waals surface area contributed by atoms with E-state index in [1.807, 2.05) is 0 Å². The standard InChI is InChI=1S/C13H12.2CHN/c1-3-7-12(8-4-1)11-13-9-5-2-6-10-13;2*1-2/h1-10H,11H2;2*1H. The van der Waals surface area contributed by atoms with Gasteiger partial charge in [-0.05, 0) is 17.5 Å². The zero-order valence-corrected chi connectivity index (χ0v) is 9.53. The Hall–Kier alpha value is -2.58. The van der Waals surface area contributed by atoms with E-state index >= 15 is 0 Å². The predicted molar refractivity (Wildman–Crippen MR) is 69.0 cm³/mol. The van der Waals surface area contributed by atoms with E-state index in [0.29, 0.717) is 0 Å². The van der Waals surface area contributed by atoms with E-state index in [4.69, 9.17) is 10.5 Å². The van der Waals surface area contributed by atoms with Gasteiger partial charge in [0.05, 0.1) is 0 Å². The van der Waals surface area contributed by atoms with Gasteiger partial charge >= 0.3 is 0 Å². The average molecular weight is 222 g/mol. The van der Waals surface area contributed by atoms with Crippen LogP contribution < -0.4 is 0 Å². The second kappa shape index (κ2) is 9.96. The Kier molecular flexibility index (Phi) is 8.44. The fourth-order valence-electron chi connectivity index (χ4n) is 1.43. The minimum atomic E-state index is 1.03. The van der Waals surface area contributed by atoms with E-state index in [2.05, 4.69) is 73.8 Å². The van der Waals surface area contributed by atoms with Gasteiger partial charge in [0.25, 0.3) is 0 Å². The number of nitriles is 2. The minimum Gasteiger partial charge on any atom is -0.202 e. The third-order valence-electron chi connectivity index (χ3n) is 2.09. The maximum Gasteiger partial charge on any atom is 0.0462 e. The normalized spacial score (nSPS) is 7.76. The van der Waals surface area contributed by atoms with Crippen LogP contribution in [0.4, 0.5) is 0 Å². The summed E-state index contributed by atoms with van der Waals surface area (Å²) in [6, 6.07) is 21.1. The Morgan fingerprint density at radius 2 is 0.882 bits per heavy atom. The third kappa shape index (κ3) is 5.77. The minimum absolute atomic E-state index is 1.03. The fourth-order valence-corrected chi connectivity index (χ4v) is 1.43. The van der Waals surface area contributed by atoms with Gasteiger partial charge in [-0.1, -0.05) is 60.7 Å². The molecule has 2 aromatic carbocycles. The lowest BCUT2D eigenvalue weighted by atomic mass is 10.1. The van der Waals surface area contributed by atoms with E-state index in [1.54, 1.807) is 0 Å². The van der Waals surface area contributed by atoms with Gasteiger partial charge in [0.1, 0.15) is 0 Å². The maximum absolute atomic E-state index is 6.50. The quantitative estimate of drug-likeness (QED) is 0.780. The van der Waals surface area contributed by atoms with Crippen molar-refractivity contribution in [3.8, 4) is 13.1 Å². The van der Waals surface area contributed by atoms with Gasteiger partial charge in [-0.15, -0.1) is 0 Å². The lowest BCUT2D eigenvalue weighted by Crippen LogP contribution is -1.85. The summed E-state index contributed by atoms with van der Waals surface area (Å²) in [7, 11) is 0. The number of hydrogen-bond donors (Lipinski definition) is 0. The highest BCUT2D eigenvalue weighted by molar-refractivity contribution is 5.25.